The standard InChI is InChI=1S/C48H46N2.2C2H6/c1-5-7-10-17-35(3)45-33-39(27-31-47(45)49-41-21-12-9-13-22-41)40-28-32-48(46(34-40)36(4)18-11-8-6-2)50-42-29-25-38(26-30-42)44-24-16-20-37-19-14-15-23-43(37)44;2*1-2/h5-13,15-18,20-25,27-29,31-34,49-50H,3-4,14,19,26,30H2,1-2H3;2*1-2H3/b7-5-,8-6-,17-10-,18-11-;;. The summed E-state index contributed by atoms with van der Waals surface area (Å²) >= 11 is 0. The fraction of sp³-hybridized carbons (Fsp3) is 0.192. The largest absolute Gasteiger partial charge is 0.358 e. The van der Waals surface area contributed by atoms with Crippen LogP contribution < -0.4 is 10.6 Å². The zero-order chi connectivity index (χ0) is 38.7. The number of para-hydroxylation sites is 1. The fourth-order valence-electron chi connectivity index (χ4n) is 6.51. The maximum Gasteiger partial charge on any atom is 0.0464 e. The molecule has 276 valence electrons. The average Bonchev–Trinajstić information content (AvgIpc) is 3.23. The first-order chi connectivity index (χ1) is 26.5. The Kier molecular flexibility index (Phi) is 16.4. The Morgan fingerprint density at radius 2 is 1.22 bits per heavy atom. The summed E-state index contributed by atoms with van der Waals surface area (Å²) in [5.41, 5.74) is 16.1. The maximum absolute atomic E-state index is 4.49. The van der Waals surface area contributed by atoms with E-state index in [1.165, 1.54) is 28.0 Å². The molecule has 0 heterocycles. The number of benzene rings is 4. The number of anilines is 3. The van der Waals surface area contributed by atoms with Gasteiger partial charge < -0.3 is 10.6 Å². The minimum Gasteiger partial charge on any atom is -0.358 e. The molecule has 0 spiro atoms. The van der Waals surface area contributed by atoms with Gasteiger partial charge in [-0.15, -0.1) is 0 Å². The lowest BCUT2D eigenvalue weighted by Crippen LogP contribution is -2.06. The molecule has 2 N–H and O–H groups in total. The van der Waals surface area contributed by atoms with Crippen LogP contribution in [0.2, 0.25) is 0 Å². The van der Waals surface area contributed by atoms with Crippen molar-refractivity contribution >= 4 is 39.9 Å². The summed E-state index contributed by atoms with van der Waals surface area (Å²) in [7, 11) is 0. The number of hydrogen-bond acceptors (Lipinski definition) is 2. The number of rotatable bonds is 12. The molecule has 0 fully saturated rings. The first kappa shape index (κ1) is 40.9. The highest BCUT2D eigenvalue weighted by atomic mass is 14.9. The summed E-state index contributed by atoms with van der Waals surface area (Å²) in [6.45, 7) is 21.0. The number of aryl methyl sites for hydroxylation is 1. The summed E-state index contributed by atoms with van der Waals surface area (Å²) in [6, 6.07) is 30.2. The van der Waals surface area contributed by atoms with Gasteiger partial charge in [0.05, 0.1) is 0 Å². The summed E-state index contributed by atoms with van der Waals surface area (Å²) in [5.74, 6) is 0. The third kappa shape index (κ3) is 10.8. The molecule has 0 amide bonds. The van der Waals surface area contributed by atoms with E-state index in [0.717, 1.165) is 76.1 Å². The van der Waals surface area contributed by atoms with Gasteiger partial charge in [-0.25, -0.2) is 0 Å². The molecule has 0 saturated carbocycles. The molecule has 0 radical (unpaired) electrons. The maximum atomic E-state index is 4.49. The zero-order valence-electron chi connectivity index (χ0n) is 33.3. The van der Waals surface area contributed by atoms with Gasteiger partial charge in [0.25, 0.3) is 0 Å². The quantitative estimate of drug-likeness (QED) is 0.143. The highest BCUT2D eigenvalue weighted by molar-refractivity contribution is 5.89. The van der Waals surface area contributed by atoms with E-state index in [1.807, 2.05) is 96.2 Å². The van der Waals surface area contributed by atoms with Crippen LogP contribution in [0.5, 0.6) is 0 Å². The van der Waals surface area contributed by atoms with Crippen molar-refractivity contribution in [2.24, 2.45) is 0 Å². The molecule has 2 heteroatoms. The predicted octanol–water partition coefficient (Wildman–Crippen LogP) is 15.6. The van der Waals surface area contributed by atoms with E-state index in [9.17, 15) is 0 Å². The lowest BCUT2D eigenvalue weighted by atomic mass is 9.87. The van der Waals surface area contributed by atoms with E-state index in [-0.39, 0.29) is 0 Å². The van der Waals surface area contributed by atoms with Crippen LogP contribution in [0.25, 0.3) is 33.9 Å². The molecular formula is C52H58N2. The van der Waals surface area contributed by atoms with Crippen molar-refractivity contribution in [2.45, 2.75) is 67.2 Å². The Labute approximate surface area is 326 Å². The van der Waals surface area contributed by atoms with Crippen LogP contribution in [0.15, 0.2) is 171 Å². The van der Waals surface area contributed by atoms with Crippen LogP contribution in [0.1, 0.15) is 88.6 Å². The first-order valence-electron chi connectivity index (χ1n) is 19.6. The Morgan fingerprint density at radius 1 is 0.611 bits per heavy atom. The number of allylic oxidation sites excluding steroid dienone is 15. The Hall–Kier alpha value is -5.86. The van der Waals surface area contributed by atoms with Crippen LogP contribution in [-0.4, -0.2) is 0 Å². The van der Waals surface area contributed by atoms with Gasteiger partial charge in [0.15, 0.2) is 0 Å². The summed E-state index contributed by atoms with van der Waals surface area (Å²) in [4.78, 5) is 0. The van der Waals surface area contributed by atoms with Crippen molar-refractivity contribution in [2.75, 3.05) is 10.6 Å². The van der Waals surface area contributed by atoms with Gasteiger partial charge in [0.2, 0.25) is 0 Å². The van der Waals surface area contributed by atoms with Gasteiger partial charge in [-0.2, -0.15) is 0 Å². The Balaban J connectivity index is 0.00000157. The molecule has 6 rings (SSSR count). The van der Waals surface area contributed by atoms with Crippen LogP contribution in [0.4, 0.5) is 17.1 Å². The molecule has 4 aromatic rings. The van der Waals surface area contributed by atoms with Crippen LogP contribution in [0, 0.1) is 0 Å². The first-order valence-corrected chi connectivity index (χ1v) is 19.6. The normalized spacial score (nSPS) is 13.4. The molecule has 0 aromatic heterocycles. The second-order valence-corrected chi connectivity index (χ2v) is 12.7. The topological polar surface area (TPSA) is 24.1 Å². The smallest absolute Gasteiger partial charge is 0.0464 e. The molecule has 2 aliphatic carbocycles. The molecule has 4 aromatic carbocycles. The van der Waals surface area contributed by atoms with E-state index in [1.54, 1.807) is 0 Å². The second kappa shape index (κ2) is 21.6. The van der Waals surface area contributed by atoms with Gasteiger partial charge in [-0.1, -0.05) is 156 Å². The van der Waals surface area contributed by atoms with Gasteiger partial charge in [0.1, 0.15) is 0 Å². The van der Waals surface area contributed by atoms with Crippen molar-refractivity contribution in [1.29, 1.82) is 0 Å². The summed E-state index contributed by atoms with van der Waals surface area (Å²) in [5, 5.41) is 7.38. The average molecular weight is 711 g/mol. The molecule has 0 bridgehead atoms. The van der Waals surface area contributed by atoms with Crippen LogP contribution in [0.3, 0.4) is 0 Å². The van der Waals surface area contributed by atoms with Crippen LogP contribution >= 0.6 is 0 Å². The molecular weight excluding hydrogens is 653 g/mol. The summed E-state index contributed by atoms with van der Waals surface area (Å²) < 4.78 is 0. The van der Waals surface area contributed by atoms with Gasteiger partial charge >= 0.3 is 0 Å². The highest BCUT2D eigenvalue weighted by Crippen LogP contribution is 2.37. The predicted molar refractivity (Wildman–Crippen MR) is 243 cm³/mol. The van der Waals surface area contributed by atoms with Crippen molar-refractivity contribution in [3.05, 3.63) is 198 Å². The molecule has 2 nitrogen and oxygen atoms in total. The molecule has 2 aliphatic rings. The zero-order valence-corrected chi connectivity index (χ0v) is 33.3. The number of hydrogen-bond donors (Lipinski definition) is 2. The van der Waals surface area contributed by atoms with Gasteiger partial charge in [0, 0.05) is 33.9 Å². The van der Waals surface area contributed by atoms with Crippen molar-refractivity contribution in [3.63, 3.8) is 0 Å². The lowest BCUT2D eigenvalue weighted by molar-refractivity contribution is 0.966. The van der Waals surface area contributed by atoms with Gasteiger partial charge in [-0.3, -0.25) is 0 Å². The van der Waals surface area contributed by atoms with Crippen molar-refractivity contribution in [3.8, 4) is 11.1 Å². The molecule has 0 atom stereocenters. The lowest BCUT2D eigenvalue weighted by Gasteiger charge is -2.22. The molecule has 0 saturated heterocycles. The van der Waals surface area contributed by atoms with E-state index < -0.39 is 0 Å². The third-order valence-electron chi connectivity index (χ3n) is 9.17. The SMILES string of the molecule is C=C(/C=C\C=C/C)c1cc(-c2ccc(Nc3ccccc3)c(C(=C)/C=C\C=C/C)c2)ccc1NC1=CC=C(c2cccc3c2C=CCC3)CC1.CC.CC. The van der Waals surface area contributed by atoms with Crippen molar-refractivity contribution in [1.82, 2.24) is 0 Å². The minimum atomic E-state index is 0.935. The molecule has 54 heavy (non-hydrogen) atoms. The van der Waals surface area contributed by atoms with Crippen LogP contribution in [-0.2, 0) is 6.42 Å². The highest BCUT2D eigenvalue weighted by Gasteiger charge is 2.17. The minimum absolute atomic E-state index is 0.935. The van der Waals surface area contributed by atoms with E-state index in [0.29, 0.717) is 0 Å². The van der Waals surface area contributed by atoms with E-state index in [2.05, 4.69) is 127 Å². The van der Waals surface area contributed by atoms with E-state index in [4.69, 9.17) is 0 Å². The Morgan fingerprint density at radius 3 is 1.80 bits per heavy atom. The molecule has 0 aliphatic heterocycles. The Bertz CT molecular complexity index is 2090. The number of nitrogens with one attached hydrogen (secondary N) is 2. The number of fused-ring (bicyclic) bond motifs is 1. The monoisotopic (exact) mass is 710 g/mol. The second-order valence-electron chi connectivity index (χ2n) is 12.7. The van der Waals surface area contributed by atoms with Gasteiger partial charge in [-0.05, 0) is 127 Å². The fourth-order valence-corrected chi connectivity index (χ4v) is 6.51. The van der Waals surface area contributed by atoms with E-state index >= 15 is 0 Å². The van der Waals surface area contributed by atoms with Crippen molar-refractivity contribution < 1.29 is 0 Å². The summed E-state index contributed by atoms with van der Waals surface area (Å²) in [6.07, 6.45) is 29.7. The third-order valence-corrected chi connectivity index (χ3v) is 9.17. The molecule has 0 unspecified atom stereocenters.